The molecule has 126 valence electrons. The second-order valence-corrected chi connectivity index (χ2v) is 7.53. The van der Waals surface area contributed by atoms with Gasteiger partial charge in [-0.05, 0) is 11.8 Å². The number of nitrogens with zero attached hydrogens (tertiary/aromatic N) is 1. The van der Waals surface area contributed by atoms with Gasteiger partial charge in [0, 0.05) is 24.3 Å². The Kier molecular flexibility index (Phi) is 5.51. The number of hydrogen-bond donors (Lipinski definition) is 1. The Bertz CT molecular complexity index is 579. The fourth-order valence-electron chi connectivity index (χ4n) is 3.63. The minimum atomic E-state index is -0.172. The molecular weight excluding hydrogens is 288 g/mol. The zero-order valence-electron chi connectivity index (χ0n) is 14.6. The average Bonchev–Trinajstić information content (AvgIpc) is 2.44. The molecule has 1 atom stereocenters. The molecule has 0 amide bonds. The summed E-state index contributed by atoms with van der Waals surface area (Å²) in [4.78, 5) is 12.6. The number of carbonyl (C=O) groups excluding carboxylic acids is 1. The van der Waals surface area contributed by atoms with Crippen LogP contribution in [-0.4, -0.2) is 5.78 Å². The predicted molar refractivity (Wildman–Crippen MR) is 89.8 cm³/mol. The van der Waals surface area contributed by atoms with Gasteiger partial charge in [-0.25, -0.2) is 0 Å². The van der Waals surface area contributed by atoms with E-state index in [1.165, 1.54) is 19.3 Å². The first-order chi connectivity index (χ1) is 10.9. The number of nitriles is 1. The summed E-state index contributed by atoms with van der Waals surface area (Å²) < 4.78 is 5.67. The van der Waals surface area contributed by atoms with Crippen LogP contribution in [0.1, 0.15) is 72.1 Å². The lowest BCUT2D eigenvalue weighted by Crippen LogP contribution is -2.34. The van der Waals surface area contributed by atoms with Crippen molar-refractivity contribution in [3.63, 3.8) is 0 Å². The second-order valence-electron chi connectivity index (χ2n) is 7.53. The van der Waals surface area contributed by atoms with E-state index in [9.17, 15) is 10.1 Å². The summed E-state index contributed by atoms with van der Waals surface area (Å²) in [5.41, 5.74) is 7.01. The highest BCUT2D eigenvalue weighted by Crippen LogP contribution is 2.45. The summed E-state index contributed by atoms with van der Waals surface area (Å²) in [7, 11) is 0. The van der Waals surface area contributed by atoms with Crippen molar-refractivity contribution >= 4 is 5.78 Å². The monoisotopic (exact) mass is 316 g/mol. The molecule has 0 aromatic carbocycles. The van der Waals surface area contributed by atoms with Crippen LogP contribution in [0.25, 0.3) is 0 Å². The number of Topliss-reactive ketones (excluding diaryl/α,β-unsaturated/α-hetero) is 1. The Balaban J connectivity index is 2.20. The Morgan fingerprint density at radius 1 is 1.26 bits per heavy atom. The number of ether oxygens (including phenoxy) is 1. The van der Waals surface area contributed by atoms with Gasteiger partial charge in [-0.15, -0.1) is 0 Å². The van der Waals surface area contributed by atoms with Crippen molar-refractivity contribution in [2.45, 2.75) is 72.1 Å². The highest BCUT2D eigenvalue weighted by atomic mass is 16.5. The lowest BCUT2D eigenvalue weighted by atomic mass is 9.71. The molecule has 2 aliphatic rings. The zero-order chi connectivity index (χ0) is 17.0. The highest BCUT2D eigenvalue weighted by molar-refractivity contribution is 5.98. The van der Waals surface area contributed by atoms with Gasteiger partial charge < -0.3 is 10.5 Å². The molecule has 0 spiro atoms. The maximum absolute atomic E-state index is 12.6. The number of unbranched alkanes of at least 4 members (excludes halogenated alkanes) is 4. The fourth-order valence-corrected chi connectivity index (χ4v) is 3.63. The lowest BCUT2D eigenvalue weighted by molar-refractivity contribution is -0.119. The molecule has 1 heterocycles. The molecule has 0 unspecified atom stereocenters. The van der Waals surface area contributed by atoms with Crippen LogP contribution in [-0.2, 0) is 9.53 Å². The Morgan fingerprint density at radius 3 is 2.61 bits per heavy atom. The van der Waals surface area contributed by atoms with Gasteiger partial charge in [0.1, 0.15) is 11.8 Å². The van der Waals surface area contributed by atoms with Crippen molar-refractivity contribution in [1.82, 2.24) is 0 Å². The first-order valence-electron chi connectivity index (χ1n) is 8.73. The van der Waals surface area contributed by atoms with E-state index in [0.717, 1.165) is 19.3 Å². The smallest absolute Gasteiger partial charge is 0.204 e. The molecule has 4 nitrogen and oxygen atoms in total. The molecule has 2 rings (SSSR count). The summed E-state index contributed by atoms with van der Waals surface area (Å²) in [6.07, 6.45) is 7.81. The third-order valence-electron chi connectivity index (χ3n) is 4.79. The van der Waals surface area contributed by atoms with E-state index in [0.29, 0.717) is 29.7 Å². The quantitative estimate of drug-likeness (QED) is 0.740. The molecule has 2 N–H and O–H groups in total. The van der Waals surface area contributed by atoms with Gasteiger partial charge in [-0.2, -0.15) is 5.26 Å². The summed E-state index contributed by atoms with van der Waals surface area (Å²) in [5, 5.41) is 9.45. The van der Waals surface area contributed by atoms with Gasteiger partial charge in [-0.1, -0.05) is 52.9 Å². The summed E-state index contributed by atoms with van der Waals surface area (Å²) in [6.45, 7) is 6.32. The fraction of sp³-hybridized carbons (Fsp3) is 0.684. The molecule has 0 radical (unpaired) electrons. The van der Waals surface area contributed by atoms with Gasteiger partial charge in [0.25, 0.3) is 0 Å². The third-order valence-corrected chi connectivity index (χ3v) is 4.79. The van der Waals surface area contributed by atoms with Crippen LogP contribution in [0.3, 0.4) is 0 Å². The van der Waals surface area contributed by atoms with Gasteiger partial charge in [0.15, 0.2) is 5.78 Å². The van der Waals surface area contributed by atoms with Crippen LogP contribution in [0.15, 0.2) is 22.8 Å². The molecule has 23 heavy (non-hydrogen) atoms. The van der Waals surface area contributed by atoms with E-state index in [1.54, 1.807) is 0 Å². The van der Waals surface area contributed by atoms with Crippen LogP contribution in [0.5, 0.6) is 0 Å². The maximum Gasteiger partial charge on any atom is 0.204 e. The van der Waals surface area contributed by atoms with Gasteiger partial charge in [-0.3, -0.25) is 4.79 Å². The van der Waals surface area contributed by atoms with Crippen molar-refractivity contribution in [3.8, 4) is 6.07 Å². The van der Waals surface area contributed by atoms with E-state index in [1.807, 2.05) is 0 Å². The zero-order valence-corrected chi connectivity index (χ0v) is 14.6. The number of hydrogen-bond acceptors (Lipinski definition) is 4. The van der Waals surface area contributed by atoms with Crippen LogP contribution >= 0.6 is 0 Å². The number of ketones is 1. The molecule has 0 saturated carbocycles. The molecule has 0 bridgehead atoms. The van der Waals surface area contributed by atoms with Crippen molar-refractivity contribution in [2.75, 3.05) is 0 Å². The van der Waals surface area contributed by atoms with E-state index in [-0.39, 0.29) is 23.0 Å². The number of carbonyl (C=O) groups is 1. The molecule has 4 heteroatoms. The van der Waals surface area contributed by atoms with Crippen molar-refractivity contribution in [2.24, 2.45) is 17.1 Å². The normalized spacial score (nSPS) is 23.4. The van der Waals surface area contributed by atoms with Crippen molar-refractivity contribution in [3.05, 3.63) is 22.8 Å². The largest absolute Gasteiger partial charge is 0.444 e. The highest BCUT2D eigenvalue weighted by Gasteiger charge is 2.41. The molecule has 0 aromatic heterocycles. The number of nitrogens with two attached hydrogens (primary N) is 1. The van der Waals surface area contributed by atoms with E-state index >= 15 is 0 Å². The minimum absolute atomic E-state index is 0.105. The Morgan fingerprint density at radius 2 is 1.96 bits per heavy atom. The van der Waals surface area contributed by atoms with E-state index in [2.05, 4.69) is 26.8 Å². The first-order valence-corrected chi connectivity index (χ1v) is 8.73. The number of rotatable bonds is 6. The Labute approximate surface area is 139 Å². The summed E-state index contributed by atoms with van der Waals surface area (Å²) >= 11 is 0. The van der Waals surface area contributed by atoms with E-state index < -0.39 is 0 Å². The van der Waals surface area contributed by atoms with Crippen LogP contribution in [0.2, 0.25) is 0 Å². The Hall–Kier alpha value is -1.76. The van der Waals surface area contributed by atoms with Gasteiger partial charge in [0.2, 0.25) is 5.88 Å². The topological polar surface area (TPSA) is 76.1 Å². The standard InChI is InChI=1S/C19H28N2O2/c1-4-5-6-7-8-9-13-14(12-20)18(21)23-16-11-19(2,3)10-15(22)17(13)16/h13H,4-11,21H2,1-3H3/t13-/m0/s1. The third kappa shape index (κ3) is 3.96. The molecule has 1 aliphatic heterocycles. The first kappa shape index (κ1) is 17.6. The van der Waals surface area contributed by atoms with E-state index in [4.69, 9.17) is 10.5 Å². The van der Waals surface area contributed by atoms with Crippen molar-refractivity contribution < 1.29 is 9.53 Å². The summed E-state index contributed by atoms with van der Waals surface area (Å²) in [6, 6.07) is 2.17. The number of allylic oxidation sites excluding steroid dienone is 3. The predicted octanol–water partition coefficient (Wildman–Crippen LogP) is 4.33. The molecule has 0 fully saturated rings. The van der Waals surface area contributed by atoms with Gasteiger partial charge >= 0.3 is 0 Å². The maximum atomic E-state index is 12.6. The molecule has 0 saturated heterocycles. The van der Waals surface area contributed by atoms with Crippen LogP contribution in [0, 0.1) is 22.7 Å². The average molecular weight is 316 g/mol. The summed E-state index contributed by atoms with van der Waals surface area (Å²) in [5.74, 6) is 0.834. The van der Waals surface area contributed by atoms with Crippen molar-refractivity contribution in [1.29, 1.82) is 5.26 Å². The van der Waals surface area contributed by atoms with Crippen LogP contribution in [0.4, 0.5) is 0 Å². The van der Waals surface area contributed by atoms with Gasteiger partial charge in [0.05, 0.1) is 5.57 Å². The SMILES string of the molecule is CCCCCCC[C@H]1C(C#N)=C(N)OC2=C1C(=O)CC(C)(C)C2. The molecule has 0 aromatic rings. The molecule has 1 aliphatic carbocycles. The lowest BCUT2D eigenvalue weighted by Gasteiger charge is -2.37. The minimum Gasteiger partial charge on any atom is -0.444 e. The molecular formula is C19H28N2O2. The second kappa shape index (κ2) is 7.21. The van der Waals surface area contributed by atoms with Crippen LogP contribution < -0.4 is 5.73 Å².